The van der Waals surface area contributed by atoms with Crippen LogP contribution >= 0.6 is 0 Å². The Kier molecular flexibility index (Phi) is 5.97. The molecule has 0 spiro atoms. The zero-order valence-corrected chi connectivity index (χ0v) is 17.3. The molecule has 0 bridgehead atoms. The first kappa shape index (κ1) is 19.7. The largest absolute Gasteiger partial charge is 0.369 e. The van der Waals surface area contributed by atoms with Crippen LogP contribution in [0.3, 0.4) is 0 Å². The first-order valence-corrected chi connectivity index (χ1v) is 10.3. The van der Waals surface area contributed by atoms with E-state index in [0.717, 1.165) is 58.0 Å². The molecule has 1 N–H and O–H groups in total. The monoisotopic (exact) mass is 394 g/mol. The van der Waals surface area contributed by atoms with Gasteiger partial charge in [-0.1, -0.05) is 0 Å². The van der Waals surface area contributed by atoms with Crippen LogP contribution in [0.2, 0.25) is 0 Å². The van der Waals surface area contributed by atoms with Gasteiger partial charge in [-0.15, -0.1) is 0 Å². The molecule has 0 saturated carbocycles. The number of aromatic nitrogens is 1. The van der Waals surface area contributed by atoms with Crippen molar-refractivity contribution in [1.82, 2.24) is 19.7 Å². The molecule has 3 heterocycles. The van der Waals surface area contributed by atoms with Crippen LogP contribution < -0.4 is 10.2 Å². The molecule has 0 aliphatic carbocycles. The van der Waals surface area contributed by atoms with E-state index in [-0.39, 0.29) is 5.91 Å². The maximum Gasteiger partial charge on any atom is 0.254 e. The molecule has 0 atom stereocenters. The zero-order chi connectivity index (χ0) is 20.2. The number of nitrogens with one attached hydrogen (secondary N) is 1. The number of carbonyl (C=O) groups is 1. The van der Waals surface area contributed by atoms with Crippen LogP contribution in [0.25, 0.3) is 0 Å². The molecular formula is C22H30N6O. The van der Waals surface area contributed by atoms with Crippen LogP contribution in [0.1, 0.15) is 10.4 Å². The zero-order valence-electron chi connectivity index (χ0n) is 17.3. The standard InChI is InChI=1S/C22H30N6O/c1-25-9-13-27(14-10-25)20-5-3-19(4-6-20)24-21-17-18(7-8-23-21)22(29)28-15-11-26(2)12-16-28/h3-8,17H,9-16H2,1-2H3,(H,23,24). The van der Waals surface area contributed by atoms with Crippen molar-refractivity contribution in [3.05, 3.63) is 48.2 Å². The quantitative estimate of drug-likeness (QED) is 0.856. The summed E-state index contributed by atoms with van der Waals surface area (Å²) < 4.78 is 0. The Hall–Kier alpha value is -2.64. The van der Waals surface area contributed by atoms with E-state index in [9.17, 15) is 4.79 Å². The summed E-state index contributed by atoms with van der Waals surface area (Å²) in [6, 6.07) is 12.1. The SMILES string of the molecule is CN1CCN(C(=O)c2ccnc(Nc3ccc(N4CCN(C)CC4)cc3)c2)CC1. The summed E-state index contributed by atoms with van der Waals surface area (Å²) in [5.74, 6) is 0.770. The Balaban J connectivity index is 1.39. The predicted octanol–water partition coefficient (Wildman–Crippen LogP) is 1.96. The minimum atomic E-state index is 0.0777. The van der Waals surface area contributed by atoms with E-state index in [1.807, 2.05) is 11.0 Å². The van der Waals surface area contributed by atoms with Gasteiger partial charge in [-0.3, -0.25) is 4.79 Å². The smallest absolute Gasteiger partial charge is 0.254 e. The molecule has 0 radical (unpaired) electrons. The van der Waals surface area contributed by atoms with Gasteiger partial charge in [0.1, 0.15) is 5.82 Å². The number of piperazine rings is 2. The van der Waals surface area contributed by atoms with Gasteiger partial charge in [0.15, 0.2) is 0 Å². The summed E-state index contributed by atoms with van der Waals surface area (Å²) in [5, 5.41) is 3.33. The van der Waals surface area contributed by atoms with E-state index < -0.39 is 0 Å². The van der Waals surface area contributed by atoms with Gasteiger partial charge < -0.3 is 24.9 Å². The second kappa shape index (κ2) is 8.80. The molecule has 154 valence electrons. The van der Waals surface area contributed by atoms with Crippen molar-refractivity contribution in [1.29, 1.82) is 0 Å². The van der Waals surface area contributed by atoms with Crippen LogP contribution in [0.4, 0.5) is 17.2 Å². The van der Waals surface area contributed by atoms with Crippen molar-refractivity contribution in [3.63, 3.8) is 0 Å². The summed E-state index contributed by atoms with van der Waals surface area (Å²) in [4.78, 5) is 26.1. The first-order valence-electron chi connectivity index (χ1n) is 10.3. The highest BCUT2D eigenvalue weighted by Gasteiger charge is 2.20. The molecule has 7 heteroatoms. The van der Waals surface area contributed by atoms with Crippen molar-refractivity contribution in [3.8, 4) is 0 Å². The maximum atomic E-state index is 12.8. The van der Waals surface area contributed by atoms with Crippen LogP contribution in [-0.4, -0.2) is 92.0 Å². The molecule has 0 unspecified atom stereocenters. The molecule has 1 amide bonds. The lowest BCUT2D eigenvalue weighted by molar-refractivity contribution is 0.0664. The van der Waals surface area contributed by atoms with Gasteiger partial charge in [0.05, 0.1) is 0 Å². The number of nitrogens with zero attached hydrogens (tertiary/aromatic N) is 5. The van der Waals surface area contributed by atoms with Crippen LogP contribution in [-0.2, 0) is 0 Å². The Bertz CT molecular complexity index is 823. The Morgan fingerprint density at radius 1 is 0.862 bits per heavy atom. The third-order valence-electron chi connectivity index (χ3n) is 5.81. The number of anilines is 3. The summed E-state index contributed by atoms with van der Waals surface area (Å²) in [5.41, 5.74) is 2.90. The summed E-state index contributed by atoms with van der Waals surface area (Å²) >= 11 is 0. The minimum Gasteiger partial charge on any atom is -0.369 e. The second-order valence-electron chi connectivity index (χ2n) is 7.99. The van der Waals surface area contributed by atoms with E-state index in [1.54, 1.807) is 12.3 Å². The predicted molar refractivity (Wildman–Crippen MR) is 117 cm³/mol. The Labute approximate surface area is 172 Å². The number of likely N-dealkylation sites (N-methyl/N-ethyl adjacent to an activating group) is 2. The number of hydrogen-bond acceptors (Lipinski definition) is 6. The third-order valence-corrected chi connectivity index (χ3v) is 5.81. The fourth-order valence-corrected chi connectivity index (χ4v) is 3.79. The molecular weight excluding hydrogens is 364 g/mol. The number of benzene rings is 1. The lowest BCUT2D eigenvalue weighted by Crippen LogP contribution is -2.47. The normalized spacial score (nSPS) is 18.7. The number of pyridine rings is 1. The average molecular weight is 395 g/mol. The molecule has 1 aromatic heterocycles. The van der Waals surface area contributed by atoms with Crippen molar-refractivity contribution < 1.29 is 4.79 Å². The molecule has 2 aliphatic rings. The van der Waals surface area contributed by atoms with E-state index >= 15 is 0 Å². The fourth-order valence-electron chi connectivity index (χ4n) is 3.79. The molecule has 4 rings (SSSR count). The first-order chi connectivity index (χ1) is 14.1. The third kappa shape index (κ3) is 4.86. The molecule has 29 heavy (non-hydrogen) atoms. The molecule has 1 aromatic carbocycles. The topological polar surface area (TPSA) is 55.0 Å². The number of amides is 1. The maximum absolute atomic E-state index is 12.8. The molecule has 2 saturated heterocycles. The van der Waals surface area contributed by atoms with Gasteiger partial charge >= 0.3 is 0 Å². The highest BCUT2D eigenvalue weighted by Crippen LogP contribution is 2.22. The summed E-state index contributed by atoms with van der Waals surface area (Å²) in [7, 11) is 4.26. The highest BCUT2D eigenvalue weighted by molar-refractivity contribution is 5.95. The van der Waals surface area contributed by atoms with Crippen molar-refractivity contribution >= 4 is 23.1 Å². The molecule has 2 aliphatic heterocycles. The van der Waals surface area contributed by atoms with Crippen molar-refractivity contribution in [2.24, 2.45) is 0 Å². The van der Waals surface area contributed by atoms with Gasteiger partial charge in [-0.25, -0.2) is 4.98 Å². The molecule has 7 nitrogen and oxygen atoms in total. The van der Waals surface area contributed by atoms with Crippen LogP contribution in [0, 0.1) is 0 Å². The van der Waals surface area contributed by atoms with Crippen molar-refractivity contribution in [2.75, 3.05) is 76.7 Å². The average Bonchev–Trinajstić information content (AvgIpc) is 2.75. The Morgan fingerprint density at radius 3 is 2.14 bits per heavy atom. The fraction of sp³-hybridized carbons (Fsp3) is 0.455. The van der Waals surface area contributed by atoms with Gasteiger partial charge in [-0.05, 0) is 50.5 Å². The highest BCUT2D eigenvalue weighted by atomic mass is 16.2. The van der Waals surface area contributed by atoms with Gasteiger partial charge in [-0.2, -0.15) is 0 Å². The lowest BCUT2D eigenvalue weighted by atomic mass is 10.2. The number of carbonyl (C=O) groups excluding carboxylic acids is 1. The van der Waals surface area contributed by atoms with Crippen LogP contribution in [0.15, 0.2) is 42.6 Å². The van der Waals surface area contributed by atoms with E-state index in [2.05, 4.69) is 63.4 Å². The van der Waals surface area contributed by atoms with E-state index in [1.165, 1.54) is 5.69 Å². The van der Waals surface area contributed by atoms with Gasteiger partial charge in [0, 0.05) is 75.5 Å². The van der Waals surface area contributed by atoms with Gasteiger partial charge in [0.25, 0.3) is 5.91 Å². The molecule has 2 fully saturated rings. The van der Waals surface area contributed by atoms with E-state index in [0.29, 0.717) is 11.4 Å². The summed E-state index contributed by atoms with van der Waals surface area (Å²) in [6.07, 6.45) is 1.70. The number of rotatable bonds is 4. The van der Waals surface area contributed by atoms with Crippen LogP contribution in [0.5, 0.6) is 0 Å². The van der Waals surface area contributed by atoms with E-state index in [4.69, 9.17) is 0 Å². The lowest BCUT2D eigenvalue weighted by Gasteiger charge is -2.34. The van der Waals surface area contributed by atoms with Crippen molar-refractivity contribution in [2.45, 2.75) is 0 Å². The summed E-state index contributed by atoms with van der Waals surface area (Å²) in [6.45, 7) is 7.68. The Morgan fingerprint density at radius 2 is 1.48 bits per heavy atom. The second-order valence-corrected chi connectivity index (χ2v) is 7.99. The molecule has 2 aromatic rings. The number of hydrogen-bond donors (Lipinski definition) is 1. The van der Waals surface area contributed by atoms with Gasteiger partial charge in [0.2, 0.25) is 0 Å². The minimum absolute atomic E-state index is 0.0777.